The summed E-state index contributed by atoms with van der Waals surface area (Å²) in [6.07, 6.45) is 0. The van der Waals surface area contributed by atoms with Crippen molar-refractivity contribution in [1.82, 2.24) is 0 Å². The van der Waals surface area contributed by atoms with Gasteiger partial charge in [-0.1, -0.05) is 30.3 Å². The molecule has 0 saturated heterocycles. The van der Waals surface area contributed by atoms with Gasteiger partial charge < -0.3 is 15.5 Å². The molecule has 0 aliphatic carbocycles. The van der Waals surface area contributed by atoms with Crippen LogP contribution in [-0.4, -0.2) is 16.2 Å². The molecular weight excluding hydrogens is 266 g/mol. The highest BCUT2D eigenvalue weighted by Crippen LogP contribution is 2.31. The Morgan fingerprint density at radius 1 is 0.952 bits per heavy atom. The number of phenolic OH excluding ortho intramolecular Hbond substituents is 1. The second kappa shape index (κ2) is 5.17. The van der Waals surface area contributed by atoms with Crippen LogP contribution in [0, 0.1) is 0 Å². The zero-order valence-corrected chi connectivity index (χ0v) is 11.1. The first-order valence-corrected chi connectivity index (χ1v) is 6.45. The molecule has 21 heavy (non-hydrogen) atoms. The molecule has 0 spiro atoms. The number of anilines is 2. The molecule has 4 nitrogen and oxygen atoms in total. The van der Waals surface area contributed by atoms with E-state index in [0.717, 1.165) is 16.5 Å². The van der Waals surface area contributed by atoms with E-state index in [4.69, 9.17) is 5.11 Å². The van der Waals surface area contributed by atoms with Gasteiger partial charge in [-0.25, -0.2) is 4.79 Å². The maximum atomic E-state index is 11.0. The largest absolute Gasteiger partial charge is 0.508 e. The van der Waals surface area contributed by atoms with Crippen molar-refractivity contribution in [1.29, 1.82) is 0 Å². The number of carboxylic acid groups (broad SMARTS) is 1. The molecule has 0 fully saturated rings. The summed E-state index contributed by atoms with van der Waals surface area (Å²) in [6.45, 7) is 0. The van der Waals surface area contributed by atoms with Crippen molar-refractivity contribution in [2.24, 2.45) is 0 Å². The van der Waals surface area contributed by atoms with Crippen molar-refractivity contribution in [2.45, 2.75) is 0 Å². The first-order chi connectivity index (χ1) is 10.1. The van der Waals surface area contributed by atoms with Gasteiger partial charge in [-0.2, -0.15) is 0 Å². The lowest BCUT2D eigenvalue weighted by Crippen LogP contribution is -1.98. The number of hydrogen-bond donors (Lipinski definition) is 3. The Kier molecular flexibility index (Phi) is 3.20. The summed E-state index contributed by atoms with van der Waals surface area (Å²) in [4.78, 5) is 11.0. The summed E-state index contributed by atoms with van der Waals surface area (Å²) in [6, 6.07) is 17.5. The van der Waals surface area contributed by atoms with Gasteiger partial charge in [0.25, 0.3) is 0 Å². The number of aromatic hydroxyl groups is 1. The van der Waals surface area contributed by atoms with E-state index in [-0.39, 0.29) is 11.3 Å². The molecule has 0 unspecified atom stereocenters. The van der Waals surface area contributed by atoms with E-state index >= 15 is 0 Å². The zero-order chi connectivity index (χ0) is 14.8. The summed E-state index contributed by atoms with van der Waals surface area (Å²) < 4.78 is 0. The Labute approximate surface area is 121 Å². The van der Waals surface area contributed by atoms with Gasteiger partial charge in [-0.15, -0.1) is 0 Å². The SMILES string of the molecule is O=C(O)c1cccc(Nc2cc(O)cc3ccccc23)c1. The topological polar surface area (TPSA) is 69.6 Å². The lowest BCUT2D eigenvalue weighted by atomic mass is 10.1. The Balaban J connectivity index is 2.05. The average molecular weight is 279 g/mol. The van der Waals surface area contributed by atoms with E-state index in [1.54, 1.807) is 30.3 Å². The van der Waals surface area contributed by atoms with E-state index in [9.17, 15) is 9.90 Å². The fourth-order valence-electron chi connectivity index (χ4n) is 2.28. The number of hydrogen-bond acceptors (Lipinski definition) is 3. The predicted molar refractivity (Wildman–Crippen MR) is 82.3 cm³/mol. The summed E-state index contributed by atoms with van der Waals surface area (Å²) in [5.74, 6) is -0.815. The summed E-state index contributed by atoms with van der Waals surface area (Å²) in [5.41, 5.74) is 1.60. The molecular formula is C17H13NO3. The molecule has 0 radical (unpaired) electrons. The van der Waals surface area contributed by atoms with Gasteiger partial charge in [0.2, 0.25) is 0 Å². The number of phenols is 1. The molecule has 0 aliphatic rings. The molecule has 4 heteroatoms. The first kappa shape index (κ1) is 13.0. The number of rotatable bonds is 3. The fraction of sp³-hybridized carbons (Fsp3) is 0. The van der Waals surface area contributed by atoms with Crippen molar-refractivity contribution >= 4 is 28.1 Å². The third-order valence-electron chi connectivity index (χ3n) is 3.24. The highest BCUT2D eigenvalue weighted by molar-refractivity contribution is 5.97. The monoisotopic (exact) mass is 279 g/mol. The van der Waals surface area contributed by atoms with Gasteiger partial charge in [0.05, 0.1) is 11.3 Å². The van der Waals surface area contributed by atoms with E-state index in [0.29, 0.717) is 5.69 Å². The Bertz CT molecular complexity index is 827. The quantitative estimate of drug-likeness (QED) is 0.678. The van der Waals surface area contributed by atoms with Crippen LogP contribution in [0.15, 0.2) is 60.7 Å². The third-order valence-corrected chi connectivity index (χ3v) is 3.24. The number of fused-ring (bicyclic) bond motifs is 1. The molecule has 104 valence electrons. The van der Waals surface area contributed by atoms with Gasteiger partial charge in [0.1, 0.15) is 5.75 Å². The molecule has 0 aromatic heterocycles. The summed E-state index contributed by atoms with van der Waals surface area (Å²) in [7, 11) is 0. The molecule has 3 aromatic carbocycles. The lowest BCUT2D eigenvalue weighted by molar-refractivity contribution is 0.0697. The van der Waals surface area contributed by atoms with E-state index in [1.165, 1.54) is 6.07 Å². The van der Waals surface area contributed by atoms with Crippen molar-refractivity contribution in [2.75, 3.05) is 5.32 Å². The standard InChI is InChI=1S/C17H13NO3/c19-14-9-11-4-1-2-7-15(11)16(10-14)18-13-6-3-5-12(8-13)17(20)21/h1-10,18-19H,(H,20,21). The number of nitrogens with one attached hydrogen (secondary N) is 1. The van der Waals surface area contributed by atoms with Crippen molar-refractivity contribution in [3.8, 4) is 5.75 Å². The van der Waals surface area contributed by atoms with Gasteiger partial charge in [-0.3, -0.25) is 0 Å². The molecule has 0 amide bonds. The van der Waals surface area contributed by atoms with Crippen molar-refractivity contribution in [3.05, 3.63) is 66.2 Å². The van der Waals surface area contributed by atoms with Crippen molar-refractivity contribution < 1.29 is 15.0 Å². The van der Waals surface area contributed by atoms with Crippen LogP contribution in [-0.2, 0) is 0 Å². The molecule has 0 atom stereocenters. The van der Waals surface area contributed by atoms with Gasteiger partial charge >= 0.3 is 5.97 Å². The summed E-state index contributed by atoms with van der Waals surface area (Å²) >= 11 is 0. The number of aromatic carboxylic acids is 1. The summed E-state index contributed by atoms with van der Waals surface area (Å²) in [5, 5.41) is 23.8. The molecule has 0 bridgehead atoms. The highest BCUT2D eigenvalue weighted by atomic mass is 16.4. The minimum Gasteiger partial charge on any atom is -0.508 e. The number of carbonyl (C=O) groups is 1. The lowest BCUT2D eigenvalue weighted by Gasteiger charge is -2.11. The zero-order valence-electron chi connectivity index (χ0n) is 11.1. The van der Waals surface area contributed by atoms with Gasteiger partial charge in [0, 0.05) is 17.1 Å². The Hall–Kier alpha value is -3.01. The van der Waals surface area contributed by atoms with E-state index < -0.39 is 5.97 Å². The molecule has 3 N–H and O–H groups in total. The maximum Gasteiger partial charge on any atom is 0.335 e. The predicted octanol–water partition coefficient (Wildman–Crippen LogP) is 3.99. The number of carboxylic acids is 1. The minimum absolute atomic E-state index is 0.158. The maximum absolute atomic E-state index is 11.0. The van der Waals surface area contributed by atoms with Crippen LogP contribution in [0.25, 0.3) is 10.8 Å². The fourth-order valence-corrected chi connectivity index (χ4v) is 2.28. The van der Waals surface area contributed by atoms with E-state index in [1.807, 2.05) is 24.3 Å². The van der Waals surface area contributed by atoms with Crippen LogP contribution in [0.4, 0.5) is 11.4 Å². The van der Waals surface area contributed by atoms with Gasteiger partial charge in [-0.05, 0) is 29.7 Å². The average Bonchev–Trinajstić information content (AvgIpc) is 2.47. The smallest absolute Gasteiger partial charge is 0.335 e. The molecule has 3 aromatic rings. The van der Waals surface area contributed by atoms with Crippen LogP contribution in [0.3, 0.4) is 0 Å². The molecule has 0 saturated carbocycles. The van der Waals surface area contributed by atoms with E-state index in [2.05, 4.69) is 5.32 Å². The minimum atomic E-state index is -0.973. The van der Waals surface area contributed by atoms with Crippen molar-refractivity contribution in [3.63, 3.8) is 0 Å². The second-order valence-electron chi connectivity index (χ2n) is 4.73. The van der Waals surface area contributed by atoms with Crippen LogP contribution in [0.2, 0.25) is 0 Å². The van der Waals surface area contributed by atoms with Crippen LogP contribution < -0.4 is 5.32 Å². The third kappa shape index (κ3) is 2.65. The molecule has 0 aliphatic heterocycles. The number of benzene rings is 3. The Morgan fingerprint density at radius 2 is 1.76 bits per heavy atom. The first-order valence-electron chi connectivity index (χ1n) is 6.45. The molecule has 3 rings (SSSR count). The normalized spacial score (nSPS) is 10.5. The molecule has 0 heterocycles. The van der Waals surface area contributed by atoms with Crippen LogP contribution in [0.1, 0.15) is 10.4 Å². The second-order valence-corrected chi connectivity index (χ2v) is 4.73. The van der Waals surface area contributed by atoms with Crippen LogP contribution >= 0.6 is 0 Å². The highest BCUT2D eigenvalue weighted by Gasteiger charge is 2.06. The van der Waals surface area contributed by atoms with Crippen LogP contribution in [0.5, 0.6) is 5.75 Å². The van der Waals surface area contributed by atoms with Gasteiger partial charge in [0.15, 0.2) is 0 Å². The Morgan fingerprint density at radius 3 is 2.57 bits per heavy atom.